The number of rotatable bonds is 3. The number of carbonyl (C=O) groups excluding carboxylic acids is 2. The van der Waals surface area contributed by atoms with Crippen LogP contribution in [0.15, 0.2) is 0 Å². The molecule has 6 aliphatic rings. The minimum atomic E-state index is -1.05. The molecule has 7 nitrogen and oxygen atoms in total. The van der Waals surface area contributed by atoms with Crippen molar-refractivity contribution in [1.82, 2.24) is 4.90 Å². The highest BCUT2D eigenvalue weighted by Crippen LogP contribution is 2.79. The van der Waals surface area contributed by atoms with Crippen LogP contribution in [0.5, 0.6) is 0 Å². The predicted octanol–water partition coefficient (Wildman–Crippen LogP) is 1.60. The van der Waals surface area contributed by atoms with Gasteiger partial charge in [-0.2, -0.15) is 0 Å². The minimum absolute atomic E-state index is 0.105. The van der Waals surface area contributed by atoms with Gasteiger partial charge in [0.1, 0.15) is 6.61 Å². The number of methoxy groups -OCH3 is 1. The second-order valence-corrected chi connectivity index (χ2v) is 11.9. The van der Waals surface area contributed by atoms with Crippen molar-refractivity contribution in [2.75, 3.05) is 26.8 Å². The molecule has 11 atom stereocenters. The van der Waals surface area contributed by atoms with Crippen LogP contribution in [0.4, 0.5) is 0 Å². The summed E-state index contributed by atoms with van der Waals surface area (Å²) in [5.74, 6) is -0.161. The summed E-state index contributed by atoms with van der Waals surface area (Å²) in [4.78, 5) is 27.7. The predicted molar refractivity (Wildman–Crippen MR) is 114 cm³/mol. The molecule has 6 unspecified atom stereocenters. The molecular formula is C25H37NO6. The van der Waals surface area contributed by atoms with Crippen molar-refractivity contribution in [3.8, 4) is 0 Å². The normalized spacial score (nSPS) is 55.3. The smallest absolute Gasteiger partial charge is 0.309 e. The van der Waals surface area contributed by atoms with Gasteiger partial charge >= 0.3 is 11.9 Å². The van der Waals surface area contributed by atoms with E-state index < -0.39 is 22.5 Å². The van der Waals surface area contributed by atoms with Crippen molar-refractivity contribution >= 4 is 11.9 Å². The van der Waals surface area contributed by atoms with Gasteiger partial charge in [0, 0.05) is 42.8 Å². The van der Waals surface area contributed by atoms with Gasteiger partial charge in [0.2, 0.25) is 0 Å². The van der Waals surface area contributed by atoms with E-state index in [-0.39, 0.29) is 54.2 Å². The Labute approximate surface area is 189 Å². The third kappa shape index (κ3) is 2.15. The molecule has 0 aromatic carbocycles. The third-order valence-electron chi connectivity index (χ3n) is 11.3. The van der Waals surface area contributed by atoms with Crippen molar-refractivity contribution < 1.29 is 29.3 Å². The van der Waals surface area contributed by atoms with Crippen LogP contribution >= 0.6 is 0 Å². The molecule has 4 aliphatic carbocycles. The number of ether oxygens (including phenoxy) is 2. The topological polar surface area (TPSA) is 96.3 Å². The molecule has 1 spiro atoms. The van der Waals surface area contributed by atoms with Gasteiger partial charge in [0.15, 0.2) is 0 Å². The number of aliphatic hydroxyl groups is 2. The minimum Gasteiger partial charge on any atom is -0.469 e. The fourth-order valence-corrected chi connectivity index (χ4v) is 10.5. The number of hydrogen-bond acceptors (Lipinski definition) is 7. The molecule has 6 fully saturated rings. The molecule has 4 bridgehead atoms. The zero-order valence-electron chi connectivity index (χ0n) is 19.5. The van der Waals surface area contributed by atoms with Crippen molar-refractivity contribution in [3.63, 3.8) is 0 Å². The average Bonchev–Trinajstić information content (AvgIpc) is 3.32. The van der Waals surface area contributed by atoms with Crippen LogP contribution in [0.3, 0.4) is 0 Å². The standard InChI is InChI=1S/C25H37NO6/c1-13-10-26-11-16-5-4-15-6-7-19-18(22(29)31-3)9-24(25(15,19)30)21(26)17(13)8-20(28)23(16,24)12-32-14(2)27/h13,15-21,28,30H,4-12H2,1-3H3/t13-,15?,16?,17?,18-,19-,20?,21?,23?,24+,25+/m1/s1. The lowest BCUT2D eigenvalue weighted by molar-refractivity contribution is -0.296. The maximum absolute atomic E-state index is 13.1. The Morgan fingerprint density at radius 2 is 1.84 bits per heavy atom. The average molecular weight is 448 g/mol. The van der Waals surface area contributed by atoms with E-state index in [1.165, 1.54) is 14.0 Å². The van der Waals surface area contributed by atoms with E-state index in [1.54, 1.807) is 0 Å². The van der Waals surface area contributed by atoms with Gasteiger partial charge in [-0.3, -0.25) is 14.5 Å². The van der Waals surface area contributed by atoms with Crippen LogP contribution in [0.2, 0.25) is 0 Å². The van der Waals surface area contributed by atoms with Gasteiger partial charge in [-0.15, -0.1) is 0 Å². The summed E-state index contributed by atoms with van der Waals surface area (Å²) in [6.07, 6.45) is 4.10. The van der Waals surface area contributed by atoms with Crippen LogP contribution in [0.25, 0.3) is 0 Å². The lowest BCUT2D eigenvalue weighted by atomic mass is 9.40. The van der Waals surface area contributed by atoms with Crippen molar-refractivity contribution in [2.45, 2.75) is 70.1 Å². The van der Waals surface area contributed by atoms with E-state index in [0.29, 0.717) is 18.8 Å². The number of carbonyl (C=O) groups is 2. The summed E-state index contributed by atoms with van der Waals surface area (Å²) in [6.45, 7) is 5.67. The highest BCUT2D eigenvalue weighted by atomic mass is 16.5. The molecule has 0 amide bonds. The van der Waals surface area contributed by atoms with Crippen molar-refractivity contribution in [3.05, 3.63) is 0 Å². The van der Waals surface area contributed by atoms with E-state index in [4.69, 9.17) is 9.47 Å². The summed E-state index contributed by atoms with van der Waals surface area (Å²) < 4.78 is 11.0. The summed E-state index contributed by atoms with van der Waals surface area (Å²) in [5.41, 5.74) is -2.45. The molecule has 178 valence electrons. The molecule has 32 heavy (non-hydrogen) atoms. The number of esters is 2. The Kier molecular flexibility index (Phi) is 4.47. The highest BCUT2D eigenvalue weighted by Gasteiger charge is 2.85. The van der Waals surface area contributed by atoms with Crippen LogP contribution < -0.4 is 0 Å². The fraction of sp³-hybridized carbons (Fsp3) is 0.920. The Bertz CT molecular complexity index is 848. The molecule has 4 saturated carbocycles. The Balaban J connectivity index is 1.63. The Morgan fingerprint density at radius 3 is 2.56 bits per heavy atom. The van der Waals surface area contributed by atoms with Gasteiger partial charge in [-0.1, -0.05) is 6.92 Å². The van der Waals surface area contributed by atoms with Crippen LogP contribution in [-0.2, 0) is 19.1 Å². The zero-order valence-corrected chi connectivity index (χ0v) is 19.5. The SMILES string of the molecule is COC(=O)[C@@H]1C[C@]23C4C5CC(O)C2(COC(C)=O)C(CCC2CC[C@H]1[C@@]23O)CN4C[C@H]5C. The van der Waals surface area contributed by atoms with Crippen LogP contribution in [0, 0.1) is 46.3 Å². The molecular weight excluding hydrogens is 410 g/mol. The maximum Gasteiger partial charge on any atom is 0.309 e. The maximum atomic E-state index is 13.1. The van der Waals surface area contributed by atoms with Gasteiger partial charge in [-0.05, 0) is 62.2 Å². The molecule has 0 aromatic rings. The molecule has 2 N–H and O–H groups in total. The summed E-state index contributed by atoms with van der Waals surface area (Å²) in [6, 6.07) is 0.105. The second-order valence-electron chi connectivity index (χ2n) is 11.9. The second kappa shape index (κ2) is 6.70. The van der Waals surface area contributed by atoms with Gasteiger partial charge in [0.25, 0.3) is 0 Å². The first-order valence-electron chi connectivity index (χ1n) is 12.6. The molecule has 7 heteroatoms. The molecule has 2 aliphatic heterocycles. The Hall–Kier alpha value is -1.18. The van der Waals surface area contributed by atoms with E-state index in [0.717, 1.165) is 38.8 Å². The van der Waals surface area contributed by atoms with Gasteiger partial charge in [0.05, 0.1) is 24.7 Å². The van der Waals surface area contributed by atoms with E-state index >= 15 is 0 Å². The Morgan fingerprint density at radius 1 is 1.12 bits per heavy atom. The molecule has 0 aromatic heterocycles. The summed E-state index contributed by atoms with van der Waals surface area (Å²) in [5, 5.41) is 24.9. The van der Waals surface area contributed by atoms with E-state index in [2.05, 4.69) is 11.8 Å². The number of piperidine rings is 1. The van der Waals surface area contributed by atoms with Crippen molar-refractivity contribution in [2.24, 2.45) is 46.3 Å². The summed E-state index contributed by atoms with van der Waals surface area (Å²) in [7, 11) is 1.44. The lowest BCUT2D eigenvalue weighted by Crippen LogP contribution is -2.78. The molecule has 6 rings (SSSR count). The lowest BCUT2D eigenvalue weighted by Gasteiger charge is -2.70. The highest BCUT2D eigenvalue weighted by molar-refractivity contribution is 5.74. The number of hydrogen-bond donors (Lipinski definition) is 2. The molecule has 2 heterocycles. The molecule has 0 radical (unpaired) electrons. The van der Waals surface area contributed by atoms with E-state index in [1.807, 2.05) is 0 Å². The number of aliphatic hydroxyl groups excluding tert-OH is 1. The van der Waals surface area contributed by atoms with Gasteiger partial charge < -0.3 is 19.7 Å². The third-order valence-corrected chi connectivity index (χ3v) is 11.3. The first kappa shape index (κ1) is 21.4. The molecule has 2 saturated heterocycles. The first-order chi connectivity index (χ1) is 15.2. The fourth-order valence-electron chi connectivity index (χ4n) is 10.5. The van der Waals surface area contributed by atoms with Crippen LogP contribution in [0.1, 0.15) is 52.4 Å². The quantitative estimate of drug-likeness (QED) is 0.635. The number of nitrogens with zero attached hydrogens (tertiary/aromatic N) is 1. The first-order valence-corrected chi connectivity index (χ1v) is 12.6. The summed E-state index contributed by atoms with van der Waals surface area (Å²) >= 11 is 0. The van der Waals surface area contributed by atoms with Crippen LogP contribution in [-0.4, -0.2) is 71.6 Å². The largest absolute Gasteiger partial charge is 0.469 e. The monoisotopic (exact) mass is 447 g/mol. The van der Waals surface area contributed by atoms with Gasteiger partial charge in [-0.25, -0.2) is 0 Å². The van der Waals surface area contributed by atoms with Crippen molar-refractivity contribution in [1.29, 1.82) is 0 Å². The zero-order chi connectivity index (χ0) is 22.6. The van der Waals surface area contributed by atoms with E-state index in [9.17, 15) is 19.8 Å².